The van der Waals surface area contributed by atoms with Gasteiger partial charge in [0, 0.05) is 18.0 Å². The number of rotatable bonds is 6. The summed E-state index contributed by atoms with van der Waals surface area (Å²) in [7, 11) is -3.10. The highest BCUT2D eigenvalue weighted by Crippen LogP contribution is 2.18. The summed E-state index contributed by atoms with van der Waals surface area (Å²) in [4.78, 5) is 30.5. The van der Waals surface area contributed by atoms with Crippen LogP contribution in [-0.2, 0) is 19.4 Å². The van der Waals surface area contributed by atoms with Crippen molar-refractivity contribution in [2.24, 2.45) is 0 Å². The van der Waals surface area contributed by atoms with Crippen LogP contribution < -0.4 is 0 Å². The standard InChI is InChI=1S/C19H22N2O5S/c1-2-10-21(15-9-11-27(24,25)13-15)18(22)12-26-19(23)17-8-7-14-5-3-4-6-16(14)20-17/h3-8,15H,2,9-13H2,1H3/t15-/m1/s1. The van der Waals surface area contributed by atoms with E-state index >= 15 is 0 Å². The molecule has 3 rings (SSSR count). The third kappa shape index (κ3) is 4.63. The fourth-order valence-electron chi connectivity index (χ4n) is 3.24. The number of carbonyl (C=O) groups excluding carboxylic acids is 2. The summed E-state index contributed by atoms with van der Waals surface area (Å²) < 4.78 is 28.5. The van der Waals surface area contributed by atoms with Crippen molar-refractivity contribution in [1.29, 1.82) is 0 Å². The largest absolute Gasteiger partial charge is 0.451 e. The Balaban J connectivity index is 1.64. The first-order valence-corrected chi connectivity index (χ1v) is 10.7. The normalized spacial score (nSPS) is 18.3. The molecule has 1 aliphatic heterocycles. The van der Waals surface area contributed by atoms with Crippen molar-refractivity contribution in [2.75, 3.05) is 24.7 Å². The van der Waals surface area contributed by atoms with E-state index in [4.69, 9.17) is 4.74 Å². The van der Waals surface area contributed by atoms with Crippen LogP contribution in [0.1, 0.15) is 30.3 Å². The molecule has 7 nitrogen and oxygen atoms in total. The number of aromatic nitrogens is 1. The highest BCUT2D eigenvalue weighted by Gasteiger charge is 2.34. The van der Waals surface area contributed by atoms with E-state index in [0.29, 0.717) is 24.9 Å². The van der Waals surface area contributed by atoms with Crippen LogP contribution in [0.3, 0.4) is 0 Å². The van der Waals surface area contributed by atoms with Gasteiger partial charge in [-0.15, -0.1) is 0 Å². The van der Waals surface area contributed by atoms with Crippen LogP contribution >= 0.6 is 0 Å². The number of ether oxygens (including phenoxy) is 1. The summed E-state index contributed by atoms with van der Waals surface area (Å²) in [6, 6.07) is 10.4. The molecule has 1 aromatic carbocycles. The summed E-state index contributed by atoms with van der Waals surface area (Å²) in [6.07, 6.45) is 1.12. The van der Waals surface area contributed by atoms with Gasteiger partial charge >= 0.3 is 5.97 Å². The Morgan fingerprint density at radius 2 is 2.00 bits per heavy atom. The topological polar surface area (TPSA) is 93.6 Å². The summed E-state index contributed by atoms with van der Waals surface area (Å²) in [5, 5.41) is 0.904. The summed E-state index contributed by atoms with van der Waals surface area (Å²) >= 11 is 0. The molecule has 1 atom stereocenters. The van der Waals surface area contributed by atoms with E-state index in [2.05, 4.69) is 4.98 Å². The molecule has 0 saturated carbocycles. The molecule has 1 amide bonds. The first-order valence-electron chi connectivity index (χ1n) is 8.92. The first-order chi connectivity index (χ1) is 12.9. The third-order valence-electron chi connectivity index (χ3n) is 4.57. The van der Waals surface area contributed by atoms with Crippen LogP contribution in [0.2, 0.25) is 0 Å². The average molecular weight is 390 g/mol. The Bertz CT molecular complexity index is 957. The summed E-state index contributed by atoms with van der Waals surface area (Å²) in [5.41, 5.74) is 0.800. The number of amides is 1. The Hall–Kier alpha value is -2.48. The van der Waals surface area contributed by atoms with Crippen LogP contribution in [-0.4, -0.2) is 60.9 Å². The molecule has 0 aliphatic carbocycles. The van der Waals surface area contributed by atoms with Gasteiger partial charge in [-0.3, -0.25) is 4.79 Å². The second-order valence-corrected chi connectivity index (χ2v) is 8.84. The smallest absolute Gasteiger partial charge is 0.357 e. The molecular weight excluding hydrogens is 368 g/mol. The predicted molar refractivity (Wildman–Crippen MR) is 101 cm³/mol. The highest BCUT2D eigenvalue weighted by molar-refractivity contribution is 7.91. The number of benzene rings is 1. The molecule has 8 heteroatoms. The molecule has 0 radical (unpaired) electrons. The molecule has 0 spiro atoms. The van der Waals surface area contributed by atoms with Crippen molar-refractivity contribution in [3.63, 3.8) is 0 Å². The molecule has 0 bridgehead atoms. The number of para-hydroxylation sites is 1. The van der Waals surface area contributed by atoms with Gasteiger partial charge in [0.2, 0.25) is 0 Å². The van der Waals surface area contributed by atoms with Gasteiger partial charge in [0.25, 0.3) is 5.91 Å². The van der Waals surface area contributed by atoms with Gasteiger partial charge in [0.15, 0.2) is 16.4 Å². The number of hydrogen-bond acceptors (Lipinski definition) is 6. The zero-order chi connectivity index (χ0) is 19.4. The Kier molecular flexibility index (Phi) is 5.74. The molecule has 1 aromatic heterocycles. The predicted octanol–water partition coefficient (Wildman–Crippen LogP) is 1.82. The van der Waals surface area contributed by atoms with Gasteiger partial charge in [-0.1, -0.05) is 31.2 Å². The minimum atomic E-state index is -3.10. The molecule has 2 heterocycles. The Morgan fingerprint density at radius 1 is 1.22 bits per heavy atom. The van der Waals surface area contributed by atoms with E-state index in [0.717, 1.165) is 5.39 Å². The molecule has 1 fully saturated rings. The number of nitrogens with zero attached hydrogens (tertiary/aromatic N) is 2. The fraction of sp³-hybridized carbons (Fsp3) is 0.421. The Labute approximate surface area is 158 Å². The van der Waals surface area contributed by atoms with E-state index in [9.17, 15) is 18.0 Å². The van der Waals surface area contributed by atoms with E-state index in [1.165, 1.54) is 4.90 Å². The summed E-state index contributed by atoms with van der Waals surface area (Å²) in [5.74, 6) is -0.997. The van der Waals surface area contributed by atoms with Crippen LogP contribution in [0, 0.1) is 0 Å². The molecule has 0 unspecified atom stereocenters. The molecule has 0 N–H and O–H groups in total. The van der Waals surface area contributed by atoms with Gasteiger partial charge < -0.3 is 9.64 Å². The fourth-order valence-corrected chi connectivity index (χ4v) is 4.97. The monoisotopic (exact) mass is 390 g/mol. The maximum Gasteiger partial charge on any atom is 0.357 e. The average Bonchev–Trinajstić information content (AvgIpc) is 3.02. The van der Waals surface area contributed by atoms with Crippen molar-refractivity contribution < 1.29 is 22.7 Å². The zero-order valence-electron chi connectivity index (χ0n) is 15.1. The van der Waals surface area contributed by atoms with E-state index < -0.39 is 22.4 Å². The molecule has 2 aromatic rings. The van der Waals surface area contributed by atoms with Crippen molar-refractivity contribution >= 4 is 32.6 Å². The minimum Gasteiger partial charge on any atom is -0.451 e. The molecule has 1 saturated heterocycles. The lowest BCUT2D eigenvalue weighted by atomic mass is 10.2. The number of esters is 1. The number of sulfone groups is 1. The number of carbonyl (C=O) groups is 2. The molecule has 27 heavy (non-hydrogen) atoms. The van der Waals surface area contributed by atoms with Crippen molar-refractivity contribution in [1.82, 2.24) is 9.88 Å². The van der Waals surface area contributed by atoms with Gasteiger partial charge in [-0.2, -0.15) is 0 Å². The molecular formula is C19H22N2O5S. The van der Waals surface area contributed by atoms with Crippen molar-refractivity contribution in [3.8, 4) is 0 Å². The minimum absolute atomic E-state index is 0.0289. The SMILES string of the molecule is CCCN(C(=O)COC(=O)c1ccc2ccccc2n1)[C@@H]1CCS(=O)(=O)C1. The van der Waals surface area contributed by atoms with Crippen LogP contribution in [0.5, 0.6) is 0 Å². The van der Waals surface area contributed by atoms with Gasteiger partial charge in [0.1, 0.15) is 5.69 Å². The van der Waals surface area contributed by atoms with Gasteiger partial charge in [-0.25, -0.2) is 18.2 Å². The quantitative estimate of drug-likeness (QED) is 0.699. The van der Waals surface area contributed by atoms with Crippen molar-refractivity contribution in [3.05, 3.63) is 42.1 Å². The number of fused-ring (bicyclic) bond motifs is 1. The van der Waals surface area contributed by atoms with Gasteiger partial charge in [0.05, 0.1) is 17.0 Å². The lowest BCUT2D eigenvalue weighted by Gasteiger charge is -2.27. The first kappa shape index (κ1) is 19.3. The maximum atomic E-state index is 12.5. The second kappa shape index (κ2) is 8.04. The van der Waals surface area contributed by atoms with Crippen LogP contribution in [0.4, 0.5) is 0 Å². The molecule has 144 valence electrons. The number of hydrogen-bond donors (Lipinski definition) is 0. The van der Waals surface area contributed by atoms with E-state index in [1.54, 1.807) is 18.2 Å². The van der Waals surface area contributed by atoms with Crippen LogP contribution in [0.15, 0.2) is 36.4 Å². The number of pyridine rings is 1. The van der Waals surface area contributed by atoms with E-state index in [1.807, 2.05) is 25.1 Å². The van der Waals surface area contributed by atoms with E-state index in [-0.39, 0.29) is 29.1 Å². The zero-order valence-corrected chi connectivity index (χ0v) is 15.9. The lowest BCUT2D eigenvalue weighted by Crippen LogP contribution is -2.43. The lowest BCUT2D eigenvalue weighted by molar-refractivity contribution is -0.136. The summed E-state index contributed by atoms with van der Waals surface area (Å²) in [6.45, 7) is 1.92. The highest BCUT2D eigenvalue weighted by atomic mass is 32.2. The maximum absolute atomic E-state index is 12.5. The Morgan fingerprint density at radius 3 is 2.70 bits per heavy atom. The second-order valence-electron chi connectivity index (χ2n) is 6.61. The third-order valence-corrected chi connectivity index (χ3v) is 6.32. The van der Waals surface area contributed by atoms with Crippen molar-refractivity contribution in [2.45, 2.75) is 25.8 Å². The molecule has 1 aliphatic rings. The van der Waals surface area contributed by atoms with Gasteiger partial charge in [-0.05, 0) is 25.0 Å². The van der Waals surface area contributed by atoms with Crippen LogP contribution in [0.25, 0.3) is 10.9 Å².